The fourth-order valence-corrected chi connectivity index (χ4v) is 3.64. The van der Waals surface area contributed by atoms with Crippen molar-refractivity contribution in [3.05, 3.63) is 54.1 Å². The highest BCUT2D eigenvalue weighted by Gasteiger charge is 2.22. The molecule has 2 N–H and O–H groups in total. The number of hydrogen-bond donors (Lipinski definition) is 1. The summed E-state index contributed by atoms with van der Waals surface area (Å²) in [6.45, 7) is 9.32. The first-order valence-corrected chi connectivity index (χ1v) is 9.26. The number of anilines is 2. The van der Waals surface area contributed by atoms with E-state index in [1.54, 1.807) is 0 Å². The number of aromatic nitrogens is 3. The molecule has 0 spiro atoms. The highest BCUT2D eigenvalue weighted by Crippen LogP contribution is 2.24. The molecule has 0 saturated carbocycles. The van der Waals surface area contributed by atoms with Crippen LogP contribution >= 0.6 is 0 Å². The third kappa shape index (κ3) is 3.24. The zero-order chi connectivity index (χ0) is 18.1. The Balaban J connectivity index is 1.53. The van der Waals surface area contributed by atoms with E-state index < -0.39 is 0 Å². The smallest absolute Gasteiger partial charge is 0.137 e. The van der Waals surface area contributed by atoms with Crippen LogP contribution in [0.4, 0.5) is 11.5 Å². The molecule has 4 heterocycles. The molecule has 3 aromatic rings. The molecule has 1 fully saturated rings. The normalized spacial score (nSPS) is 15.9. The molecule has 1 saturated heterocycles. The van der Waals surface area contributed by atoms with Crippen molar-refractivity contribution in [3.8, 4) is 0 Å². The van der Waals surface area contributed by atoms with E-state index >= 15 is 0 Å². The molecule has 0 bridgehead atoms. The van der Waals surface area contributed by atoms with Crippen LogP contribution in [0, 0.1) is 0 Å². The SMILES string of the molecule is CC(C)c1nc2ccc(N)cn2c1CN1CCN(c2ccccn2)CC1. The first-order valence-electron chi connectivity index (χ1n) is 9.26. The molecule has 136 valence electrons. The van der Waals surface area contributed by atoms with Gasteiger partial charge in [-0.1, -0.05) is 19.9 Å². The summed E-state index contributed by atoms with van der Waals surface area (Å²) in [5.41, 5.74) is 10.2. The van der Waals surface area contributed by atoms with Gasteiger partial charge in [0.2, 0.25) is 0 Å². The lowest BCUT2D eigenvalue weighted by Gasteiger charge is -2.35. The van der Waals surface area contributed by atoms with Gasteiger partial charge < -0.3 is 15.0 Å². The van der Waals surface area contributed by atoms with Crippen LogP contribution in [0.5, 0.6) is 0 Å². The van der Waals surface area contributed by atoms with E-state index in [1.807, 2.05) is 36.7 Å². The van der Waals surface area contributed by atoms with Crippen LogP contribution in [-0.2, 0) is 6.54 Å². The summed E-state index contributed by atoms with van der Waals surface area (Å²) in [6.07, 6.45) is 3.85. The molecule has 0 aromatic carbocycles. The topological polar surface area (TPSA) is 62.7 Å². The molecule has 26 heavy (non-hydrogen) atoms. The van der Waals surface area contributed by atoms with Crippen LogP contribution in [-0.4, -0.2) is 45.4 Å². The summed E-state index contributed by atoms with van der Waals surface area (Å²) in [7, 11) is 0. The van der Waals surface area contributed by atoms with Crippen LogP contribution in [0.1, 0.15) is 31.2 Å². The third-order valence-electron chi connectivity index (χ3n) is 5.04. The van der Waals surface area contributed by atoms with Crippen LogP contribution in [0.2, 0.25) is 0 Å². The number of rotatable bonds is 4. The molecular weight excluding hydrogens is 324 g/mol. The van der Waals surface area contributed by atoms with Crippen molar-refractivity contribution in [3.63, 3.8) is 0 Å². The van der Waals surface area contributed by atoms with E-state index in [2.05, 4.69) is 39.1 Å². The predicted molar refractivity (Wildman–Crippen MR) is 105 cm³/mol. The average molecular weight is 350 g/mol. The number of nitrogens with two attached hydrogens (primary N) is 1. The van der Waals surface area contributed by atoms with E-state index in [-0.39, 0.29) is 0 Å². The Kier molecular flexibility index (Phi) is 4.51. The van der Waals surface area contributed by atoms with Gasteiger partial charge in [0.25, 0.3) is 0 Å². The van der Waals surface area contributed by atoms with E-state index in [0.29, 0.717) is 5.92 Å². The number of fused-ring (bicyclic) bond motifs is 1. The van der Waals surface area contributed by atoms with Gasteiger partial charge in [-0.3, -0.25) is 4.90 Å². The Bertz CT molecular complexity index is 878. The van der Waals surface area contributed by atoms with E-state index in [9.17, 15) is 0 Å². The summed E-state index contributed by atoms with van der Waals surface area (Å²) in [5.74, 6) is 1.46. The van der Waals surface area contributed by atoms with Crippen molar-refractivity contribution in [2.75, 3.05) is 36.8 Å². The Labute approximate surface area is 154 Å². The highest BCUT2D eigenvalue weighted by atomic mass is 15.3. The number of imidazole rings is 1. The minimum atomic E-state index is 0.390. The van der Waals surface area contributed by atoms with Gasteiger partial charge in [-0.25, -0.2) is 9.97 Å². The lowest BCUT2D eigenvalue weighted by atomic mass is 10.1. The van der Waals surface area contributed by atoms with Gasteiger partial charge in [0.1, 0.15) is 11.5 Å². The molecule has 0 aliphatic carbocycles. The van der Waals surface area contributed by atoms with Gasteiger partial charge in [-0.2, -0.15) is 0 Å². The number of pyridine rings is 2. The van der Waals surface area contributed by atoms with Crippen molar-refractivity contribution in [1.82, 2.24) is 19.3 Å². The van der Waals surface area contributed by atoms with Gasteiger partial charge in [0.15, 0.2) is 0 Å². The maximum Gasteiger partial charge on any atom is 0.137 e. The van der Waals surface area contributed by atoms with Crippen LogP contribution in [0.3, 0.4) is 0 Å². The number of nitrogen functional groups attached to an aromatic ring is 1. The molecule has 1 aliphatic rings. The first-order chi connectivity index (χ1) is 12.6. The van der Waals surface area contributed by atoms with E-state index in [1.165, 1.54) is 11.4 Å². The number of nitrogens with zero attached hydrogens (tertiary/aromatic N) is 5. The van der Waals surface area contributed by atoms with Crippen molar-refractivity contribution < 1.29 is 0 Å². The van der Waals surface area contributed by atoms with Gasteiger partial charge >= 0.3 is 0 Å². The average Bonchev–Trinajstić information content (AvgIpc) is 3.01. The highest BCUT2D eigenvalue weighted by molar-refractivity contribution is 5.50. The van der Waals surface area contributed by atoms with Crippen molar-refractivity contribution >= 4 is 17.2 Å². The lowest BCUT2D eigenvalue weighted by Crippen LogP contribution is -2.46. The summed E-state index contributed by atoms with van der Waals surface area (Å²) >= 11 is 0. The van der Waals surface area contributed by atoms with Crippen molar-refractivity contribution in [2.24, 2.45) is 0 Å². The minimum absolute atomic E-state index is 0.390. The minimum Gasteiger partial charge on any atom is -0.398 e. The second-order valence-corrected chi connectivity index (χ2v) is 7.24. The zero-order valence-corrected chi connectivity index (χ0v) is 15.5. The lowest BCUT2D eigenvalue weighted by molar-refractivity contribution is 0.245. The van der Waals surface area contributed by atoms with Crippen molar-refractivity contribution in [2.45, 2.75) is 26.3 Å². The Hall–Kier alpha value is -2.60. The third-order valence-corrected chi connectivity index (χ3v) is 5.04. The molecule has 0 atom stereocenters. The summed E-state index contributed by atoms with van der Waals surface area (Å²) in [5, 5.41) is 0. The largest absolute Gasteiger partial charge is 0.398 e. The molecule has 3 aromatic heterocycles. The fraction of sp³-hybridized carbons (Fsp3) is 0.400. The van der Waals surface area contributed by atoms with Gasteiger partial charge in [-0.05, 0) is 30.2 Å². The second-order valence-electron chi connectivity index (χ2n) is 7.24. The Morgan fingerprint density at radius 3 is 2.58 bits per heavy atom. The van der Waals surface area contributed by atoms with Crippen LogP contribution < -0.4 is 10.6 Å². The molecule has 6 nitrogen and oxygen atoms in total. The van der Waals surface area contributed by atoms with Gasteiger partial charge in [-0.15, -0.1) is 0 Å². The number of piperazine rings is 1. The van der Waals surface area contributed by atoms with Crippen LogP contribution in [0.15, 0.2) is 42.7 Å². The van der Waals surface area contributed by atoms with Crippen LogP contribution in [0.25, 0.3) is 5.65 Å². The zero-order valence-electron chi connectivity index (χ0n) is 15.5. The fourth-order valence-electron chi connectivity index (χ4n) is 3.64. The molecule has 0 radical (unpaired) electrons. The maximum absolute atomic E-state index is 6.02. The standard InChI is InChI=1S/C20H26N6/c1-15(2)20-17(26-13-16(21)6-7-19(26)23-20)14-24-9-11-25(12-10-24)18-5-3-4-8-22-18/h3-8,13,15H,9-12,14,21H2,1-2H3. The summed E-state index contributed by atoms with van der Waals surface area (Å²) < 4.78 is 2.16. The Morgan fingerprint density at radius 2 is 1.88 bits per heavy atom. The molecule has 1 aliphatic heterocycles. The van der Waals surface area contributed by atoms with E-state index in [4.69, 9.17) is 10.7 Å². The molecule has 4 rings (SSSR count). The molecule has 0 unspecified atom stereocenters. The molecule has 6 heteroatoms. The second kappa shape index (κ2) is 6.96. The molecular formula is C20H26N6. The quantitative estimate of drug-likeness (QED) is 0.784. The predicted octanol–water partition coefficient (Wildman–Crippen LogP) is 2.76. The summed E-state index contributed by atoms with van der Waals surface area (Å²) in [6, 6.07) is 10.0. The van der Waals surface area contributed by atoms with Crippen molar-refractivity contribution in [1.29, 1.82) is 0 Å². The molecule has 0 amide bonds. The Morgan fingerprint density at radius 1 is 1.08 bits per heavy atom. The maximum atomic E-state index is 6.02. The number of hydrogen-bond acceptors (Lipinski definition) is 5. The van der Waals surface area contributed by atoms with E-state index in [0.717, 1.165) is 49.9 Å². The first kappa shape index (κ1) is 16.8. The van der Waals surface area contributed by atoms with Gasteiger partial charge in [0.05, 0.1) is 11.4 Å². The summed E-state index contributed by atoms with van der Waals surface area (Å²) in [4.78, 5) is 14.2. The van der Waals surface area contributed by atoms with Gasteiger partial charge in [0, 0.05) is 50.8 Å². The monoisotopic (exact) mass is 350 g/mol.